The van der Waals surface area contributed by atoms with Crippen molar-refractivity contribution < 1.29 is 4.74 Å². The maximum Gasteiger partial charge on any atom is 0.162 e. The molecule has 4 aromatic rings. The number of rotatable bonds is 5. The first kappa shape index (κ1) is 16.7. The van der Waals surface area contributed by atoms with Gasteiger partial charge in [-0.2, -0.15) is 0 Å². The molecule has 1 aliphatic heterocycles. The first-order chi connectivity index (χ1) is 13.9. The molecule has 3 heterocycles. The molecule has 1 aliphatic rings. The summed E-state index contributed by atoms with van der Waals surface area (Å²) >= 11 is 0. The van der Waals surface area contributed by atoms with Gasteiger partial charge in [-0.05, 0) is 36.1 Å². The molecule has 0 amide bonds. The minimum atomic E-state index is 0.281. The van der Waals surface area contributed by atoms with Gasteiger partial charge >= 0.3 is 0 Å². The Morgan fingerprint density at radius 1 is 0.964 bits per heavy atom. The lowest BCUT2D eigenvalue weighted by molar-refractivity contribution is 0.288. The van der Waals surface area contributed by atoms with E-state index in [4.69, 9.17) is 4.74 Å². The molecule has 28 heavy (non-hydrogen) atoms. The summed E-state index contributed by atoms with van der Waals surface area (Å²) in [6.45, 7) is 1.58. The van der Waals surface area contributed by atoms with Gasteiger partial charge in [-0.1, -0.05) is 42.5 Å². The fraction of sp³-hybridized carbons (Fsp3) is 0.227. The van der Waals surface area contributed by atoms with Crippen LogP contribution in [-0.2, 0) is 0 Å². The maximum atomic E-state index is 6.11. The number of nitrogens with one attached hydrogen (secondary N) is 1. The van der Waals surface area contributed by atoms with Gasteiger partial charge in [-0.15, -0.1) is 0 Å². The molecule has 2 aromatic heterocycles. The van der Waals surface area contributed by atoms with Gasteiger partial charge in [0.2, 0.25) is 0 Å². The number of aromatic nitrogens is 4. The van der Waals surface area contributed by atoms with E-state index in [1.165, 1.54) is 11.1 Å². The van der Waals surface area contributed by atoms with Gasteiger partial charge in [0.1, 0.15) is 24.2 Å². The zero-order valence-corrected chi connectivity index (χ0v) is 15.5. The minimum absolute atomic E-state index is 0.281. The number of anilines is 1. The third-order valence-electron chi connectivity index (χ3n) is 5.25. The van der Waals surface area contributed by atoms with E-state index in [1.54, 1.807) is 12.7 Å². The molecule has 2 aromatic carbocycles. The van der Waals surface area contributed by atoms with Crippen molar-refractivity contribution in [1.29, 1.82) is 0 Å². The number of aromatic amines is 1. The number of imidazole rings is 1. The summed E-state index contributed by atoms with van der Waals surface area (Å²) in [5, 5.41) is 0. The number of hydrogen-bond acceptors (Lipinski definition) is 5. The molecular weight excluding hydrogens is 350 g/mol. The van der Waals surface area contributed by atoms with Gasteiger partial charge in [0.05, 0.1) is 12.4 Å². The molecule has 0 bridgehead atoms. The van der Waals surface area contributed by atoms with E-state index in [-0.39, 0.29) is 6.04 Å². The van der Waals surface area contributed by atoms with Crippen molar-refractivity contribution in [3.8, 4) is 16.9 Å². The van der Waals surface area contributed by atoms with Crippen molar-refractivity contribution in [1.82, 2.24) is 19.9 Å². The Bertz CT molecular complexity index is 1060. The topological polar surface area (TPSA) is 66.9 Å². The first-order valence-electron chi connectivity index (χ1n) is 9.57. The molecule has 1 unspecified atom stereocenters. The second-order valence-corrected chi connectivity index (χ2v) is 6.99. The summed E-state index contributed by atoms with van der Waals surface area (Å²) in [6.07, 6.45) is 5.46. The number of ether oxygens (including phenoxy) is 1. The molecule has 0 spiro atoms. The van der Waals surface area contributed by atoms with E-state index in [0.717, 1.165) is 42.1 Å². The van der Waals surface area contributed by atoms with Gasteiger partial charge in [0.25, 0.3) is 0 Å². The summed E-state index contributed by atoms with van der Waals surface area (Å²) in [5.41, 5.74) is 4.00. The number of nitrogens with zero attached hydrogens (tertiary/aromatic N) is 4. The predicted octanol–water partition coefficient (Wildman–Crippen LogP) is 4.07. The van der Waals surface area contributed by atoms with Crippen LogP contribution >= 0.6 is 0 Å². The highest BCUT2D eigenvalue weighted by Gasteiger charge is 2.28. The van der Waals surface area contributed by atoms with Crippen LogP contribution in [0.4, 0.5) is 5.82 Å². The Hall–Kier alpha value is -3.41. The van der Waals surface area contributed by atoms with Crippen LogP contribution in [0.3, 0.4) is 0 Å². The van der Waals surface area contributed by atoms with Gasteiger partial charge in [0, 0.05) is 6.54 Å². The van der Waals surface area contributed by atoms with E-state index in [1.807, 2.05) is 18.2 Å². The van der Waals surface area contributed by atoms with E-state index >= 15 is 0 Å². The lowest BCUT2D eigenvalue weighted by Crippen LogP contribution is -2.35. The van der Waals surface area contributed by atoms with Crippen molar-refractivity contribution >= 4 is 17.0 Å². The molecule has 1 fully saturated rings. The third kappa shape index (κ3) is 3.17. The van der Waals surface area contributed by atoms with Crippen LogP contribution in [0, 0.1) is 0 Å². The largest absolute Gasteiger partial charge is 0.491 e. The van der Waals surface area contributed by atoms with Crippen LogP contribution in [-0.4, -0.2) is 39.1 Å². The van der Waals surface area contributed by atoms with Crippen LogP contribution in [0.25, 0.3) is 22.3 Å². The average molecular weight is 371 g/mol. The van der Waals surface area contributed by atoms with E-state index in [9.17, 15) is 0 Å². The van der Waals surface area contributed by atoms with Gasteiger partial charge in [0.15, 0.2) is 11.5 Å². The molecule has 5 rings (SSSR count). The highest BCUT2D eigenvalue weighted by atomic mass is 16.5. The number of H-pyrrole nitrogens is 1. The van der Waals surface area contributed by atoms with E-state index < -0.39 is 0 Å². The van der Waals surface area contributed by atoms with Crippen molar-refractivity contribution in [2.24, 2.45) is 0 Å². The highest BCUT2D eigenvalue weighted by molar-refractivity contribution is 5.83. The minimum Gasteiger partial charge on any atom is -0.491 e. The summed E-state index contributed by atoms with van der Waals surface area (Å²) in [6, 6.07) is 18.9. The fourth-order valence-electron chi connectivity index (χ4n) is 3.82. The van der Waals surface area contributed by atoms with Crippen LogP contribution < -0.4 is 9.64 Å². The van der Waals surface area contributed by atoms with Crippen LogP contribution in [0.5, 0.6) is 5.75 Å². The van der Waals surface area contributed by atoms with Crippen molar-refractivity contribution in [3.05, 3.63) is 67.3 Å². The lowest BCUT2D eigenvalue weighted by atomic mass is 10.1. The van der Waals surface area contributed by atoms with Crippen LogP contribution in [0.15, 0.2) is 67.3 Å². The molecular formula is C22H21N5O. The molecule has 1 saturated heterocycles. The SMILES string of the molecule is c1ccc(-c2ccc(OCC3CCCN3c3ncnc4[nH]cnc34)cc2)cc1. The Kier molecular flexibility index (Phi) is 4.37. The average Bonchev–Trinajstić information content (AvgIpc) is 3.42. The van der Waals surface area contributed by atoms with Crippen molar-refractivity contribution in [2.45, 2.75) is 18.9 Å². The molecule has 0 aliphatic carbocycles. The Balaban J connectivity index is 1.29. The lowest BCUT2D eigenvalue weighted by Gasteiger charge is -2.25. The van der Waals surface area contributed by atoms with Crippen LogP contribution in [0.2, 0.25) is 0 Å². The fourth-order valence-corrected chi connectivity index (χ4v) is 3.82. The summed E-state index contributed by atoms with van der Waals surface area (Å²) < 4.78 is 6.11. The van der Waals surface area contributed by atoms with Crippen LogP contribution in [0.1, 0.15) is 12.8 Å². The monoisotopic (exact) mass is 371 g/mol. The Morgan fingerprint density at radius 2 is 1.79 bits per heavy atom. The molecule has 6 nitrogen and oxygen atoms in total. The van der Waals surface area contributed by atoms with Gasteiger partial charge in [-0.3, -0.25) is 0 Å². The Morgan fingerprint density at radius 3 is 2.64 bits per heavy atom. The standard InChI is InChI=1S/C22H21N5O/c1-2-5-16(6-3-1)17-8-10-19(11-9-17)28-13-18-7-4-12-27(18)22-20-21(24-14-23-20)25-15-26-22/h1-3,5-6,8-11,14-15,18H,4,7,12-13H2,(H,23,24,25,26). The molecule has 0 radical (unpaired) electrons. The molecule has 1 N–H and O–H groups in total. The molecule has 0 saturated carbocycles. The summed E-state index contributed by atoms with van der Waals surface area (Å²) in [7, 11) is 0. The predicted molar refractivity (Wildman–Crippen MR) is 109 cm³/mol. The Labute approximate surface area is 163 Å². The van der Waals surface area contributed by atoms with Gasteiger partial charge in [-0.25, -0.2) is 15.0 Å². The molecule has 6 heteroatoms. The zero-order chi connectivity index (χ0) is 18.8. The third-order valence-corrected chi connectivity index (χ3v) is 5.25. The smallest absolute Gasteiger partial charge is 0.162 e. The van der Waals surface area contributed by atoms with Gasteiger partial charge < -0.3 is 14.6 Å². The molecule has 140 valence electrons. The number of fused-ring (bicyclic) bond motifs is 1. The molecule has 1 atom stereocenters. The first-order valence-corrected chi connectivity index (χ1v) is 9.57. The van der Waals surface area contributed by atoms with Crippen molar-refractivity contribution in [3.63, 3.8) is 0 Å². The van der Waals surface area contributed by atoms with Crippen molar-refractivity contribution in [2.75, 3.05) is 18.1 Å². The van der Waals surface area contributed by atoms with E-state index in [0.29, 0.717) is 6.61 Å². The normalized spacial score (nSPS) is 16.6. The zero-order valence-electron chi connectivity index (χ0n) is 15.5. The quantitative estimate of drug-likeness (QED) is 0.573. The number of hydrogen-bond donors (Lipinski definition) is 1. The van der Waals surface area contributed by atoms with E-state index in [2.05, 4.69) is 61.2 Å². The summed E-state index contributed by atoms with van der Waals surface area (Å²) in [5.74, 6) is 1.77. The highest BCUT2D eigenvalue weighted by Crippen LogP contribution is 2.29. The second-order valence-electron chi connectivity index (χ2n) is 6.99. The second kappa shape index (κ2) is 7.31. The maximum absolute atomic E-state index is 6.11. The summed E-state index contributed by atoms with van der Waals surface area (Å²) in [4.78, 5) is 18.5. The number of benzene rings is 2.